The van der Waals surface area contributed by atoms with Gasteiger partial charge in [-0.05, 0) is 6.92 Å². The summed E-state index contributed by atoms with van der Waals surface area (Å²) in [6.07, 6.45) is -0.724. The van der Waals surface area contributed by atoms with E-state index in [-0.39, 0.29) is 19.8 Å². The Morgan fingerprint density at radius 3 is 2.67 bits per heavy atom. The molecule has 0 aromatic heterocycles. The Morgan fingerprint density at radius 1 is 1.67 bits per heavy atom. The Balaban J connectivity index is 3.78. The van der Waals surface area contributed by atoms with E-state index in [1.54, 1.807) is 0 Å². The second kappa shape index (κ2) is 5.64. The van der Waals surface area contributed by atoms with Crippen LogP contribution in [0.15, 0.2) is 0 Å². The molecule has 4 N–H and O–H groups in total. The molecular formula is C5H14NO5P. The molecule has 0 aliphatic rings. The average Bonchev–Trinajstić information content (AvgIpc) is 2.00. The van der Waals surface area contributed by atoms with Crippen molar-refractivity contribution < 1.29 is 23.6 Å². The SMILES string of the molecule is CC(CO)OP(=O)(O)OCCN. The number of nitrogens with two attached hydrogens (primary N) is 1. The molecule has 0 saturated heterocycles. The van der Waals surface area contributed by atoms with Crippen molar-refractivity contribution in [2.24, 2.45) is 5.73 Å². The highest BCUT2D eigenvalue weighted by Crippen LogP contribution is 2.43. The van der Waals surface area contributed by atoms with Gasteiger partial charge in [0.1, 0.15) is 0 Å². The number of hydrogen-bond acceptors (Lipinski definition) is 5. The summed E-state index contributed by atoms with van der Waals surface area (Å²) in [6.45, 7) is 1.21. The molecule has 0 rings (SSSR count). The molecule has 12 heavy (non-hydrogen) atoms. The molecular weight excluding hydrogens is 185 g/mol. The number of phosphoric ester groups is 1. The third-order valence-corrected chi connectivity index (χ3v) is 2.08. The highest BCUT2D eigenvalue weighted by atomic mass is 31.2. The van der Waals surface area contributed by atoms with Crippen LogP contribution >= 0.6 is 7.82 Å². The molecule has 0 spiro atoms. The van der Waals surface area contributed by atoms with E-state index in [1.807, 2.05) is 0 Å². The highest BCUT2D eigenvalue weighted by molar-refractivity contribution is 7.47. The van der Waals surface area contributed by atoms with Crippen LogP contribution in [0.5, 0.6) is 0 Å². The third-order valence-electron chi connectivity index (χ3n) is 0.943. The maximum absolute atomic E-state index is 10.9. The lowest BCUT2D eigenvalue weighted by molar-refractivity contribution is 0.0760. The maximum atomic E-state index is 10.9. The summed E-state index contributed by atoms with van der Waals surface area (Å²) in [6, 6.07) is 0. The third kappa shape index (κ3) is 5.65. The van der Waals surface area contributed by atoms with Crippen LogP contribution in [0.2, 0.25) is 0 Å². The smallest absolute Gasteiger partial charge is 0.394 e. The van der Waals surface area contributed by atoms with Gasteiger partial charge in [-0.1, -0.05) is 0 Å². The molecule has 74 valence electrons. The average molecular weight is 199 g/mol. The van der Waals surface area contributed by atoms with E-state index in [0.29, 0.717) is 0 Å². The lowest BCUT2D eigenvalue weighted by Gasteiger charge is -2.14. The lowest BCUT2D eigenvalue weighted by atomic mass is 10.5. The van der Waals surface area contributed by atoms with Crippen molar-refractivity contribution in [3.8, 4) is 0 Å². The van der Waals surface area contributed by atoms with Gasteiger partial charge in [0.15, 0.2) is 0 Å². The van der Waals surface area contributed by atoms with Gasteiger partial charge in [-0.2, -0.15) is 0 Å². The number of hydrogen-bond donors (Lipinski definition) is 3. The maximum Gasteiger partial charge on any atom is 0.472 e. The monoisotopic (exact) mass is 199 g/mol. The van der Waals surface area contributed by atoms with Crippen LogP contribution in [0.4, 0.5) is 0 Å². The summed E-state index contributed by atoms with van der Waals surface area (Å²) in [5, 5.41) is 8.49. The number of rotatable bonds is 6. The molecule has 0 saturated carbocycles. The zero-order valence-electron chi connectivity index (χ0n) is 6.84. The van der Waals surface area contributed by atoms with Gasteiger partial charge in [0.05, 0.1) is 19.3 Å². The largest absolute Gasteiger partial charge is 0.472 e. The zero-order chi connectivity index (χ0) is 9.61. The van der Waals surface area contributed by atoms with E-state index in [4.69, 9.17) is 15.7 Å². The minimum Gasteiger partial charge on any atom is -0.394 e. The molecule has 0 amide bonds. The van der Waals surface area contributed by atoms with Crippen molar-refractivity contribution in [1.29, 1.82) is 0 Å². The van der Waals surface area contributed by atoms with Crippen LogP contribution in [0.3, 0.4) is 0 Å². The van der Waals surface area contributed by atoms with Crippen molar-refractivity contribution in [3.05, 3.63) is 0 Å². The van der Waals surface area contributed by atoms with Crippen molar-refractivity contribution >= 4 is 7.82 Å². The van der Waals surface area contributed by atoms with Crippen LogP contribution in [0.25, 0.3) is 0 Å². The first kappa shape index (κ1) is 12.0. The molecule has 0 fully saturated rings. The van der Waals surface area contributed by atoms with Gasteiger partial charge in [0, 0.05) is 6.54 Å². The van der Waals surface area contributed by atoms with E-state index in [0.717, 1.165) is 0 Å². The first-order valence-corrected chi connectivity index (χ1v) is 4.98. The van der Waals surface area contributed by atoms with Gasteiger partial charge in [0.25, 0.3) is 0 Å². The molecule has 0 aromatic rings. The lowest BCUT2D eigenvalue weighted by Crippen LogP contribution is -2.14. The summed E-state index contributed by atoms with van der Waals surface area (Å²) >= 11 is 0. The minimum atomic E-state index is -4.02. The van der Waals surface area contributed by atoms with Crippen LogP contribution in [-0.2, 0) is 13.6 Å². The molecule has 0 heterocycles. The van der Waals surface area contributed by atoms with Crippen LogP contribution in [0, 0.1) is 0 Å². The fraction of sp³-hybridized carbons (Fsp3) is 1.00. The summed E-state index contributed by atoms with van der Waals surface area (Å²) in [5.41, 5.74) is 5.04. The zero-order valence-corrected chi connectivity index (χ0v) is 7.74. The van der Waals surface area contributed by atoms with Gasteiger partial charge in [-0.25, -0.2) is 4.57 Å². The normalized spacial score (nSPS) is 18.7. The summed E-state index contributed by atoms with van der Waals surface area (Å²) in [5.74, 6) is 0. The Morgan fingerprint density at radius 2 is 2.25 bits per heavy atom. The number of phosphoric acid groups is 1. The predicted molar refractivity (Wildman–Crippen MR) is 42.5 cm³/mol. The van der Waals surface area contributed by atoms with E-state index < -0.39 is 13.9 Å². The van der Waals surface area contributed by atoms with Crippen molar-refractivity contribution in [2.45, 2.75) is 13.0 Å². The molecule has 2 unspecified atom stereocenters. The van der Waals surface area contributed by atoms with Gasteiger partial charge in [-0.15, -0.1) is 0 Å². The quantitative estimate of drug-likeness (QED) is 0.496. The summed E-state index contributed by atoms with van der Waals surface area (Å²) in [7, 11) is -4.02. The number of aliphatic hydroxyl groups is 1. The Bertz CT molecular complexity index is 164. The highest BCUT2D eigenvalue weighted by Gasteiger charge is 2.23. The summed E-state index contributed by atoms with van der Waals surface area (Å²) in [4.78, 5) is 8.89. The van der Waals surface area contributed by atoms with Crippen molar-refractivity contribution in [1.82, 2.24) is 0 Å². The summed E-state index contributed by atoms with van der Waals surface area (Å²) < 4.78 is 19.8. The van der Waals surface area contributed by atoms with Gasteiger partial charge >= 0.3 is 7.82 Å². The topological polar surface area (TPSA) is 102 Å². The Hall–Kier alpha value is 0.0300. The fourth-order valence-electron chi connectivity index (χ4n) is 0.459. The molecule has 7 heteroatoms. The van der Waals surface area contributed by atoms with Gasteiger partial charge < -0.3 is 15.7 Å². The van der Waals surface area contributed by atoms with Crippen LogP contribution in [-0.4, -0.2) is 35.9 Å². The van der Waals surface area contributed by atoms with E-state index in [9.17, 15) is 4.57 Å². The molecule has 0 aliphatic heterocycles. The molecule has 6 nitrogen and oxygen atoms in total. The van der Waals surface area contributed by atoms with E-state index >= 15 is 0 Å². The predicted octanol–water partition coefficient (Wildman–Crippen LogP) is -0.541. The molecule has 0 aromatic carbocycles. The second-order valence-electron chi connectivity index (χ2n) is 2.19. The molecule has 0 radical (unpaired) electrons. The first-order valence-electron chi connectivity index (χ1n) is 3.48. The fourth-order valence-corrected chi connectivity index (χ4v) is 1.38. The molecule has 2 atom stereocenters. The van der Waals surface area contributed by atoms with E-state index in [2.05, 4.69) is 9.05 Å². The van der Waals surface area contributed by atoms with Crippen LogP contribution < -0.4 is 5.73 Å². The Kier molecular flexibility index (Phi) is 5.65. The second-order valence-corrected chi connectivity index (χ2v) is 3.60. The standard InChI is InChI=1S/C5H14NO5P/c1-5(4-7)11-12(8,9)10-3-2-6/h5,7H,2-4,6H2,1H3,(H,8,9). The van der Waals surface area contributed by atoms with Gasteiger partial charge in [-0.3, -0.25) is 9.05 Å². The minimum absolute atomic E-state index is 0.0497. The molecule has 0 bridgehead atoms. The number of aliphatic hydroxyl groups excluding tert-OH is 1. The van der Waals surface area contributed by atoms with Crippen molar-refractivity contribution in [2.75, 3.05) is 19.8 Å². The van der Waals surface area contributed by atoms with Gasteiger partial charge in [0.2, 0.25) is 0 Å². The first-order chi connectivity index (χ1) is 5.52. The van der Waals surface area contributed by atoms with Crippen molar-refractivity contribution in [3.63, 3.8) is 0 Å². The van der Waals surface area contributed by atoms with E-state index in [1.165, 1.54) is 6.92 Å². The van der Waals surface area contributed by atoms with Crippen LogP contribution in [0.1, 0.15) is 6.92 Å². The Labute approximate surface area is 70.9 Å². The molecule has 0 aliphatic carbocycles.